The van der Waals surface area contributed by atoms with E-state index in [4.69, 9.17) is 25.4 Å². The number of terminal acetylenes is 1. The molecule has 1 N–H and O–H groups in total. The number of hydrogen-bond donors (Lipinski definition) is 1. The number of alkyl carbamates (subject to hydrolysis) is 1. The number of hydrogen-bond acceptors (Lipinski definition) is 5. The van der Waals surface area contributed by atoms with E-state index >= 15 is 0 Å². The molecule has 2 aromatic rings. The summed E-state index contributed by atoms with van der Waals surface area (Å²) in [4.78, 5) is 12.0. The molecule has 6 heteroatoms. The van der Waals surface area contributed by atoms with Gasteiger partial charge in [0, 0.05) is 12.5 Å². The first-order valence-electron chi connectivity index (χ1n) is 10.1. The minimum Gasteiger partial charge on any atom is -0.449 e. The lowest BCUT2D eigenvalue weighted by Crippen LogP contribution is -2.29. The number of carbonyl (C=O) groups is 1. The summed E-state index contributed by atoms with van der Waals surface area (Å²) in [6, 6.07) is 16.5. The van der Waals surface area contributed by atoms with E-state index in [0.29, 0.717) is 52.8 Å². The van der Waals surface area contributed by atoms with Crippen molar-refractivity contribution in [3.63, 3.8) is 0 Å². The molecule has 2 aromatic carbocycles. The molecule has 0 atom stereocenters. The van der Waals surface area contributed by atoms with Gasteiger partial charge in [0.2, 0.25) is 0 Å². The standard InChI is InChI=1S/C24H27NO5/c1-2-12-27-14-16-29-17-15-28-13-11-25-24(26)30-18-23-21-9-5-3-7-19(21)20-8-4-6-10-22(20)23/h1,3-10,23H,11-18H2,(H,25,26). The first-order valence-corrected chi connectivity index (χ1v) is 10.1. The number of carbonyl (C=O) groups excluding carboxylic acids is 1. The zero-order valence-electron chi connectivity index (χ0n) is 17.0. The smallest absolute Gasteiger partial charge is 0.407 e. The molecule has 1 amide bonds. The fourth-order valence-corrected chi connectivity index (χ4v) is 3.45. The lowest BCUT2D eigenvalue weighted by Gasteiger charge is -2.14. The second kappa shape index (κ2) is 12.0. The zero-order chi connectivity index (χ0) is 21.0. The van der Waals surface area contributed by atoms with Crippen LogP contribution < -0.4 is 5.32 Å². The fraction of sp³-hybridized carbons (Fsp3) is 0.375. The molecule has 0 bridgehead atoms. The third kappa shape index (κ3) is 6.07. The molecule has 1 aliphatic rings. The van der Waals surface area contributed by atoms with Crippen LogP contribution in [0.15, 0.2) is 48.5 Å². The van der Waals surface area contributed by atoms with Gasteiger partial charge in [-0.1, -0.05) is 54.5 Å². The maximum atomic E-state index is 12.0. The molecule has 0 unspecified atom stereocenters. The van der Waals surface area contributed by atoms with E-state index in [9.17, 15) is 4.79 Å². The minimum absolute atomic E-state index is 0.0566. The first kappa shape index (κ1) is 21.8. The largest absolute Gasteiger partial charge is 0.449 e. The van der Waals surface area contributed by atoms with Crippen LogP contribution in [0.4, 0.5) is 4.79 Å². The molecule has 3 rings (SSSR count). The average Bonchev–Trinajstić information content (AvgIpc) is 3.10. The molecule has 0 saturated heterocycles. The van der Waals surface area contributed by atoms with Crippen molar-refractivity contribution in [3.8, 4) is 23.5 Å². The molecule has 0 spiro atoms. The summed E-state index contributed by atoms with van der Waals surface area (Å²) in [6.07, 6.45) is 4.63. The van der Waals surface area contributed by atoms with Gasteiger partial charge in [-0.2, -0.15) is 0 Å². The van der Waals surface area contributed by atoms with Crippen molar-refractivity contribution in [2.45, 2.75) is 5.92 Å². The predicted molar refractivity (Wildman–Crippen MR) is 114 cm³/mol. The number of rotatable bonds is 12. The molecule has 6 nitrogen and oxygen atoms in total. The van der Waals surface area contributed by atoms with E-state index in [0.717, 1.165) is 0 Å². The molecular formula is C24H27NO5. The molecule has 30 heavy (non-hydrogen) atoms. The summed E-state index contributed by atoms with van der Waals surface area (Å²) in [5.41, 5.74) is 4.81. The van der Waals surface area contributed by atoms with Crippen molar-refractivity contribution in [3.05, 3.63) is 59.7 Å². The Morgan fingerprint density at radius 2 is 1.43 bits per heavy atom. The van der Waals surface area contributed by atoms with Crippen LogP contribution in [0.1, 0.15) is 17.0 Å². The van der Waals surface area contributed by atoms with Gasteiger partial charge in [-0.3, -0.25) is 0 Å². The molecule has 1 aliphatic carbocycles. The second-order valence-electron chi connectivity index (χ2n) is 6.73. The normalized spacial score (nSPS) is 12.1. The molecule has 0 saturated carbocycles. The number of ether oxygens (including phenoxy) is 4. The Hall–Kier alpha value is -2.85. The number of benzene rings is 2. The quantitative estimate of drug-likeness (QED) is 0.431. The maximum absolute atomic E-state index is 12.0. The van der Waals surface area contributed by atoms with Crippen molar-refractivity contribution in [1.29, 1.82) is 0 Å². The average molecular weight is 409 g/mol. The number of nitrogens with one attached hydrogen (secondary N) is 1. The van der Waals surface area contributed by atoms with E-state index in [1.165, 1.54) is 22.3 Å². The Balaban J connectivity index is 1.30. The van der Waals surface area contributed by atoms with Crippen molar-refractivity contribution in [1.82, 2.24) is 5.32 Å². The Kier molecular flexibility index (Phi) is 8.73. The van der Waals surface area contributed by atoms with Crippen LogP contribution in [0.25, 0.3) is 11.1 Å². The summed E-state index contributed by atoms with van der Waals surface area (Å²) >= 11 is 0. The van der Waals surface area contributed by atoms with Crippen LogP contribution in [0.2, 0.25) is 0 Å². The van der Waals surface area contributed by atoms with E-state index in [-0.39, 0.29) is 5.92 Å². The SMILES string of the molecule is C#CCOCCOCCOCCNC(=O)OCC1c2ccccc2-c2ccccc21. The van der Waals surface area contributed by atoms with Crippen LogP contribution >= 0.6 is 0 Å². The first-order chi connectivity index (χ1) is 14.8. The van der Waals surface area contributed by atoms with Gasteiger partial charge in [0.25, 0.3) is 0 Å². The molecule has 0 aromatic heterocycles. The third-order valence-corrected chi connectivity index (χ3v) is 4.79. The van der Waals surface area contributed by atoms with Crippen molar-refractivity contribution < 1.29 is 23.7 Å². The number of fused-ring (bicyclic) bond motifs is 3. The Morgan fingerprint density at radius 3 is 2.07 bits per heavy atom. The van der Waals surface area contributed by atoms with Gasteiger partial charge in [0.15, 0.2) is 0 Å². The van der Waals surface area contributed by atoms with Gasteiger partial charge in [0.1, 0.15) is 13.2 Å². The Labute approximate surface area is 177 Å². The van der Waals surface area contributed by atoms with Crippen molar-refractivity contribution in [2.75, 3.05) is 52.8 Å². The third-order valence-electron chi connectivity index (χ3n) is 4.79. The predicted octanol–water partition coefficient (Wildman–Crippen LogP) is 3.21. The highest BCUT2D eigenvalue weighted by molar-refractivity contribution is 5.79. The minimum atomic E-state index is -0.442. The molecular weight excluding hydrogens is 382 g/mol. The lowest BCUT2D eigenvalue weighted by atomic mass is 9.98. The monoisotopic (exact) mass is 409 g/mol. The maximum Gasteiger partial charge on any atom is 0.407 e. The number of amides is 1. The van der Waals surface area contributed by atoms with E-state index in [1.807, 2.05) is 24.3 Å². The van der Waals surface area contributed by atoms with E-state index in [1.54, 1.807) is 0 Å². The summed E-state index contributed by atoms with van der Waals surface area (Å²) < 4.78 is 21.3. The van der Waals surface area contributed by atoms with Crippen LogP contribution in [0.3, 0.4) is 0 Å². The van der Waals surface area contributed by atoms with Gasteiger partial charge in [-0.05, 0) is 22.3 Å². The fourth-order valence-electron chi connectivity index (χ4n) is 3.45. The summed E-state index contributed by atoms with van der Waals surface area (Å²) in [5, 5.41) is 2.71. The summed E-state index contributed by atoms with van der Waals surface area (Å²) in [7, 11) is 0. The van der Waals surface area contributed by atoms with Gasteiger partial charge in [0.05, 0.1) is 33.0 Å². The van der Waals surface area contributed by atoms with Gasteiger partial charge in [-0.25, -0.2) is 4.79 Å². The second-order valence-corrected chi connectivity index (χ2v) is 6.73. The van der Waals surface area contributed by atoms with Crippen LogP contribution in [0.5, 0.6) is 0 Å². The highest BCUT2D eigenvalue weighted by Crippen LogP contribution is 2.44. The van der Waals surface area contributed by atoms with Crippen LogP contribution in [-0.4, -0.2) is 58.9 Å². The topological polar surface area (TPSA) is 66.0 Å². The lowest BCUT2D eigenvalue weighted by molar-refractivity contribution is 0.0208. The van der Waals surface area contributed by atoms with Gasteiger partial charge in [-0.15, -0.1) is 6.42 Å². The molecule has 0 radical (unpaired) electrons. The molecule has 0 fully saturated rings. The summed E-state index contributed by atoms with van der Waals surface area (Å²) in [6.45, 7) is 3.21. The highest BCUT2D eigenvalue weighted by atomic mass is 16.6. The van der Waals surface area contributed by atoms with Crippen LogP contribution in [-0.2, 0) is 18.9 Å². The van der Waals surface area contributed by atoms with Crippen molar-refractivity contribution >= 4 is 6.09 Å². The van der Waals surface area contributed by atoms with E-state index < -0.39 is 6.09 Å². The van der Waals surface area contributed by atoms with Gasteiger partial charge < -0.3 is 24.3 Å². The molecule has 0 heterocycles. The zero-order valence-corrected chi connectivity index (χ0v) is 17.0. The molecule has 158 valence electrons. The van der Waals surface area contributed by atoms with Crippen LogP contribution in [0, 0.1) is 12.3 Å². The Bertz CT molecular complexity index is 815. The molecule has 0 aliphatic heterocycles. The summed E-state index contributed by atoms with van der Waals surface area (Å²) in [5.74, 6) is 2.45. The van der Waals surface area contributed by atoms with Gasteiger partial charge >= 0.3 is 6.09 Å². The van der Waals surface area contributed by atoms with Crippen molar-refractivity contribution in [2.24, 2.45) is 0 Å². The van der Waals surface area contributed by atoms with E-state index in [2.05, 4.69) is 35.5 Å². The highest BCUT2D eigenvalue weighted by Gasteiger charge is 2.28. The Morgan fingerprint density at radius 1 is 0.867 bits per heavy atom.